The van der Waals surface area contributed by atoms with Crippen LogP contribution in [0.1, 0.15) is 48.8 Å². The summed E-state index contributed by atoms with van der Waals surface area (Å²) in [5.74, 6) is 1.47. The molecule has 0 saturated heterocycles. The summed E-state index contributed by atoms with van der Waals surface area (Å²) in [6.45, 7) is 4.28. The van der Waals surface area contributed by atoms with Crippen LogP contribution in [0, 0.1) is 13.8 Å². The number of aryl methyl sites for hydroxylation is 2. The van der Waals surface area contributed by atoms with E-state index in [0.717, 1.165) is 25.1 Å². The van der Waals surface area contributed by atoms with Gasteiger partial charge < -0.3 is 11.1 Å². The molecule has 1 aromatic rings. The van der Waals surface area contributed by atoms with Gasteiger partial charge in [0.1, 0.15) is 5.84 Å². The Balaban J connectivity index is 1.82. The maximum atomic E-state index is 6.00. The molecule has 0 amide bonds. The molecular weight excluding hydrogens is 260 g/mol. The number of aliphatic imine (C=N–C) groups is 2. The molecule has 1 aromatic carbocycles. The molecule has 1 aliphatic heterocycles. The molecule has 0 atom stereocenters. The second-order valence-corrected chi connectivity index (χ2v) is 6.32. The van der Waals surface area contributed by atoms with Gasteiger partial charge in [-0.2, -0.15) is 0 Å². The average molecular weight is 284 g/mol. The van der Waals surface area contributed by atoms with Crippen LogP contribution in [-0.4, -0.2) is 17.5 Å². The van der Waals surface area contributed by atoms with Gasteiger partial charge in [-0.15, -0.1) is 0 Å². The van der Waals surface area contributed by atoms with E-state index in [0.29, 0.717) is 5.96 Å². The number of benzene rings is 1. The smallest absolute Gasteiger partial charge is 0.196 e. The number of rotatable bonds is 2. The van der Waals surface area contributed by atoms with Crippen LogP contribution < -0.4 is 11.1 Å². The summed E-state index contributed by atoms with van der Waals surface area (Å²) < 4.78 is 0. The molecule has 1 saturated carbocycles. The minimum absolute atomic E-state index is 0.289. The number of hydrogen-bond acceptors (Lipinski definition) is 4. The monoisotopic (exact) mass is 284 g/mol. The summed E-state index contributed by atoms with van der Waals surface area (Å²) in [5.41, 5.74) is 9.61. The van der Waals surface area contributed by atoms with Gasteiger partial charge in [-0.1, -0.05) is 24.6 Å². The van der Waals surface area contributed by atoms with Gasteiger partial charge in [0, 0.05) is 6.42 Å². The quantitative estimate of drug-likeness (QED) is 0.877. The number of nitrogens with two attached hydrogens (primary N) is 1. The summed E-state index contributed by atoms with van der Waals surface area (Å²) in [6.07, 6.45) is 6.50. The van der Waals surface area contributed by atoms with Gasteiger partial charge in [-0.25, -0.2) is 9.98 Å². The molecule has 1 fully saturated rings. The Labute approximate surface area is 126 Å². The van der Waals surface area contributed by atoms with Gasteiger partial charge in [0.2, 0.25) is 0 Å². The SMILES string of the molecule is Cc1ccc(CC2=NC3(CCCCC3)N=C(N)N2)cc1C. The van der Waals surface area contributed by atoms with Crippen molar-refractivity contribution in [3.8, 4) is 0 Å². The normalized spacial score (nSPS) is 20.7. The minimum atomic E-state index is -0.289. The van der Waals surface area contributed by atoms with Crippen molar-refractivity contribution in [2.24, 2.45) is 15.7 Å². The van der Waals surface area contributed by atoms with Crippen molar-refractivity contribution in [1.29, 1.82) is 0 Å². The van der Waals surface area contributed by atoms with E-state index in [1.165, 1.54) is 36.0 Å². The van der Waals surface area contributed by atoms with Crippen LogP contribution in [0.3, 0.4) is 0 Å². The van der Waals surface area contributed by atoms with Crippen molar-refractivity contribution >= 4 is 11.8 Å². The number of guanidine groups is 1. The van der Waals surface area contributed by atoms with E-state index in [-0.39, 0.29) is 5.66 Å². The Kier molecular flexibility index (Phi) is 3.70. The van der Waals surface area contributed by atoms with Crippen LogP contribution in [-0.2, 0) is 6.42 Å². The minimum Gasteiger partial charge on any atom is -0.370 e. The summed E-state index contributed by atoms with van der Waals surface area (Å²) in [4.78, 5) is 9.50. The van der Waals surface area contributed by atoms with Gasteiger partial charge in [0.25, 0.3) is 0 Å². The first-order valence-electron chi connectivity index (χ1n) is 7.84. The van der Waals surface area contributed by atoms with Gasteiger partial charge >= 0.3 is 0 Å². The zero-order valence-electron chi connectivity index (χ0n) is 12.9. The molecule has 21 heavy (non-hydrogen) atoms. The zero-order chi connectivity index (χ0) is 14.9. The molecule has 1 heterocycles. The van der Waals surface area contributed by atoms with Gasteiger partial charge in [-0.3, -0.25) is 0 Å². The molecule has 0 radical (unpaired) electrons. The highest BCUT2D eigenvalue weighted by Crippen LogP contribution is 2.34. The Morgan fingerprint density at radius 1 is 1.10 bits per heavy atom. The number of nitrogens with one attached hydrogen (secondary N) is 1. The molecule has 1 aliphatic carbocycles. The lowest BCUT2D eigenvalue weighted by Gasteiger charge is -2.34. The highest BCUT2D eigenvalue weighted by atomic mass is 15.3. The third-order valence-corrected chi connectivity index (χ3v) is 4.54. The molecule has 4 nitrogen and oxygen atoms in total. The predicted molar refractivity (Wildman–Crippen MR) is 87.6 cm³/mol. The zero-order valence-corrected chi connectivity index (χ0v) is 12.9. The third-order valence-electron chi connectivity index (χ3n) is 4.54. The first-order valence-corrected chi connectivity index (χ1v) is 7.84. The summed E-state index contributed by atoms with van der Waals surface area (Å²) in [7, 11) is 0. The Bertz CT molecular complexity index is 595. The second kappa shape index (κ2) is 5.51. The van der Waals surface area contributed by atoms with Crippen molar-refractivity contribution in [1.82, 2.24) is 5.32 Å². The van der Waals surface area contributed by atoms with Gasteiger partial charge in [0.15, 0.2) is 11.6 Å². The summed E-state index contributed by atoms with van der Waals surface area (Å²) in [6, 6.07) is 6.57. The van der Waals surface area contributed by atoms with Crippen LogP contribution in [0.2, 0.25) is 0 Å². The van der Waals surface area contributed by atoms with E-state index in [1.807, 2.05) is 0 Å². The maximum absolute atomic E-state index is 6.00. The summed E-state index contributed by atoms with van der Waals surface area (Å²) >= 11 is 0. The van der Waals surface area contributed by atoms with Crippen LogP contribution in [0.4, 0.5) is 0 Å². The topological polar surface area (TPSA) is 62.8 Å². The van der Waals surface area contributed by atoms with E-state index in [9.17, 15) is 0 Å². The predicted octanol–water partition coefficient (Wildman–Crippen LogP) is 2.82. The van der Waals surface area contributed by atoms with Gasteiger partial charge in [-0.05, 0) is 56.2 Å². The lowest BCUT2D eigenvalue weighted by atomic mass is 9.89. The fourth-order valence-electron chi connectivity index (χ4n) is 3.24. The van der Waals surface area contributed by atoms with Crippen LogP contribution in [0.25, 0.3) is 0 Å². The highest BCUT2D eigenvalue weighted by Gasteiger charge is 2.34. The van der Waals surface area contributed by atoms with E-state index in [2.05, 4.69) is 42.4 Å². The van der Waals surface area contributed by atoms with Crippen LogP contribution in [0.5, 0.6) is 0 Å². The molecule has 4 heteroatoms. The number of hydrogen-bond donors (Lipinski definition) is 2. The molecule has 0 unspecified atom stereocenters. The van der Waals surface area contributed by atoms with E-state index >= 15 is 0 Å². The van der Waals surface area contributed by atoms with E-state index in [4.69, 9.17) is 10.7 Å². The fraction of sp³-hybridized carbons (Fsp3) is 0.529. The lowest BCUT2D eigenvalue weighted by Crippen LogP contribution is -2.47. The van der Waals surface area contributed by atoms with Crippen molar-refractivity contribution < 1.29 is 0 Å². The Morgan fingerprint density at radius 2 is 1.86 bits per heavy atom. The largest absolute Gasteiger partial charge is 0.370 e. The molecule has 0 bridgehead atoms. The van der Waals surface area contributed by atoms with E-state index in [1.54, 1.807) is 0 Å². The van der Waals surface area contributed by atoms with Crippen molar-refractivity contribution in [3.05, 3.63) is 34.9 Å². The Hall–Kier alpha value is -1.84. The molecular formula is C17H24N4. The standard InChI is InChI=1S/C17H24N4/c1-12-6-7-14(10-13(12)2)11-15-19-16(18)21-17(20-15)8-4-3-5-9-17/h6-7,10H,3-5,8-9,11H2,1-2H3,(H3,18,19,20,21). The molecule has 112 valence electrons. The first kappa shape index (κ1) is 14.1. The molecule has 3 N–H and O–H groups in total. The molecule has 1 spiro atoms. The van der Waals surface area contributed by atoms with Crippen molar-refractivity contribution in [3.63, 3.8) is 0 Å². The molecule has 2 aliphatic rings. The second-order valence-electron chi connectivity index (χ2n) is 6.32. The molecule has 3 rings (SSSR count). The number of nitrogens with zero attached hydrogens (tertiary/aromatic N) is 2. The fourth-order valence-corrected chi connectivity index (χ4v) is 3.24. The average Bonchev–Trinajstić information content (AvgIpc) is 2.43. The Morgan fingerprint density at radius 3 is 2.57 bits per heavy atom. The maximum Gasteiger partial charge on any atom is 0.196 e. The first-order chi connectivity index (χ1) is 10.1. The van der Waals surface area contributed by atoms with Gasteiger partial charge in [0.05, 0.1) is 0 Å². The van der Waals surface area contributed by atoms with Crippen LogP contribution >= 0.6 is 0 Å². The summed E-state index contributed by atoms with van der Waals surface area (Å²) in [5, 5.41) is 3.15. The third kappa shape index (κ3) is 3.09. The van der Waals surface area contributed by atoms with Crippen molar-refractivity contribution in [2.45, 2.75) is 58.0 Å². The lowest BCUT2D eigenvalue weighted by molar-refractivity contribution is 0.306. The highest BCUT2D eigenvalue weighted by molar-refractivity contribution is 6.01. The van der Waals surface area contributed by atoms with Crippen LogP contribution in [0.15, 0.2) is 28.2 Å². The molecule has 0 aromatic heterocycles. The van der Waals surface area contributed by atoms with Crippen molar-refractivity contribution in [2.75, 3.05) is 0 Å². The van der Waals surface area contributed by atoms with E-state index < -0.39 is 0 Å². The number of amidine groups is 1.